The highest BCUT2D eigenvalue weighted by Crippen LogP contribution is 2.41. The molecule has 160 valence electrons. The molecule has 0 aliphatic carbocycles. The van der Waals surface area contributed by atoms with Crippen LogP contribution in [-0.2, 0) is 16.0 Å². The number of aliphatic hydroxyl groups excluding tert-OH is 1. The van der Waals surface area contributed by atoms with Crippen molar-refractivity contribution in [3.63, 3.8) is 0 Å². The summed E-state index contributed by atoms with van der Waals surface area (Å²) in [6.45, 7) is 3.60. The van der Waals surface area contributed by atoms with Crippen LogP contribution >= 0.6 is 12.4 Å². The van der Waals surface area contributed by atoms with Crippen molar-refractivity contribution in [2.75, 3.05) is 32.7 Å². The van der Waals surface area contributed by atoms with Crippen LogP contribution in [0.1, 0.15) is 37.7 Å². The Labute approximate surface area is 179 Å². The molecule has 3 fully saturated rings. The van der Waals surface area contributed by atoms with Crippen molar-refractivity contribution in [2.24, 2.45) is 5.41 Å². The van der Waals surface area contributed by atoms with Gasteiger partial charge in [-0.3, -0.25) is 9.59 Å². The van der Waals surface area contributed by atoms with Gasteiger partial charge in [0.1, 0.15) is 0 Å². The number of halogens is 1. The number of nitrogens with one attached hydrogen (secondary N) is 1. The van der Waals surface area contributed by atoms with E-state index in [2.05, 4.69) is 29.6 Å². The van der Waals surface area contributed by atoms with Gasteiger partial charge in [0.2, 0.25) is 11.8 Å². The smallest absolute Gasteiger partial charge is 0.239 e. The number of carbonyl (C=O) groups is 2. The average Bonchev–Trinajstić information content (AvgIpc) is 3.26. The van der Waals surface area contributed by atoms with E-state index in [1.165, 1.54) is 5.56 Å². The first-order valence-corrected chi connectivity index (χ1v) is 10.6. The zero-order chi connectivity index (χ0) is 19.6. The minimum absolute atomic E-state index is 0. The number of nitrogens with zero attached hydrogens (tertiary/aromatic N) is 2. The predicted molar refractivity (Wildman–Crippen MR) is 114 cm³/mol. The lowest BCUT2D eigenvalue weighted by molar-refractivity contribution is -0.135. The van der Waals surface area contributed by atoms with Crippen LogP contribution in [-0.4, -0.2) is 71.6 Å². The number of β-amino-alcohol motifs (C(OH)–C–C–N with tert-alkyl or cyclic N) is 1. The maximum Gasteiger partial charge on any atom is 0.239 e. The number of carbonyl (C=O) groups excluding carboxylic acids is 2. The van der Waals surface area contributed by atoms with Gasteiger partial charge in [0.15, 0.2) is 0 Å². The van der Waals surface area contributed by atoms with E-state index in [1.54, 1.807) is 0 Å². The second-order valence-electron chi connectivity index (χ2n) is 8.76. The van der Waals surface area contributed by atoms with Crippen molar-refractivity contribution in [3.8, 4) is 0 Å². The highest BCUT2D eigenvalue weighted by atomic mass is 35.5. The molecular weight excluding hydrogens is 390 g/mol. The molecule has 2 N–H and O–H groups in total. The third-order valence-electron chi connectivity index (χ3n) is 6.68. The van der Waals surface area contributed by atoms with Crippen LogP contribution in [0, 0.1) is 5.41 Å². The molecule has 29 heavy (non-hydrogen) atoms. The van der Waals surface area contributed by atoms with Crippen molar-refractivity contribution in [1.29, 1.82) is 0 Å². The third-order valence-corrected chi connectivity index (χ3v) is 6.68. The van der Waals surface area contributed by atoms with Crippen LogP contribution in [0.25, 0.3) is 0 Å². The molecule has 6 nitrogen and oxygen atoms in total. The lowest BCUT2D eigenvalue weighted by Crippen LogP contribution is -2.49. The first kappa shape index (κ1) is 22.1. The Balaban J connectivity index is 0.00000240. The van der Waals surface area contributed by atoms with Crippen molar-refractivity contribution in [3.05, 3.63) is 35.9 Å². The number of likely N-dealkylation sites (tertiary alicyclic amines) is 2. The number of aliphatic hydroxyl groups is 1. The minimum atomic E-state index is -0.415. The van der Waals surface area contributed by atoms with Crippen molar-refractivity contribution < 1.29 is 14.7 Å². The SMILES string of the molecule is Cl.O=C1CC2(CCN(C(=O)[C@@H]3C[C@@H](O)CN3)CC2)CN1CCCc1ccccc1. The molecule has 2 amide bonds. The van der Waals surface area contributed by atoms with Crippen LogP contribution in [0.15, 0.2) is 30.3 Å². The fourth-order valence-corrected chi connectivity index (χ4v) is 4.97. The molecule has 4 rings (SSSR count). The first-order chi connectivity index (χ1) is 13.5. The van der Waals surface area contributed by atoms with Gasteiger partial charge in [-0.2, -0.15) is 0 Å². The predicted octanol–water partition coefficient (Wildman–Crippen LogP) is 1.60. The number of hydrogen-bond acceptors (Lipinski definition) is 4. The lowest BCUT2D eigenvalue weighted by atomic mass is 9.77. The quantitative estimate of drug-likeness (QED) is 0.757. The number of hydrogen-bond donors (Lipinski definition) is 2. The van der Waals surface area contributed by atoms with Gasteiger partial charge in [0.05, 0.1) is 12.1 Å². The van der Waals surface area contributed by atoms with Crippen molar-refractivity contribution >= 4 is 24.2 Å². The Kier molecular flexibility index (Phi) is 7.19. The van der Waals surface area contributed by atoms with Gasteiger partial charge in [-0.25, -0.2) is 0 Å². The molecule has 0 unspecified atom stereocenters. The summed E-state index contributed by atoms with van der Waals surface area (Å²) in [5, 5.41) is 12.8. The first-order valence-electron chi connectivity index (χ1n) is 10.6. The highest BCUT2D eigenvalue weighted by Gasteiger charge is 2.45. The molecule has 1 spiro atoms. The maximum absolute atomic E-state index is 12.6. The molecule has 3 heterocycles. The number of benzene rings is 1. The van der Waals surface area contributed by atoms with E-state index in [0.717, 1.165) is 51.9 Å². The van der Waals surface area contributed by atoms with Crippen molar-refractivity contribution in [2.45, 2.75) is 50.7 Å². The normalized spacial score (nSPS) is 26.0. The molecule has 3 saturated heterocycles. The standard InChI is InChI=1S/C22H31N3O3.ClH/c26-18-13-19(23-15-18)21(28)24-11-8-22(9-12-24)14-20(27)25(16-22)10-4-7-17-5-2-1-3-6-17;/h1-3,5-6,18-19,23,26H,4,7-16H2;1H/t18-,19+;/m1./s1. The van der Waals surface area contributed by atoms with E-state index in [-0.39, 0.29) is 35.7 Å². The van der Waals surface area contributed by atoms with Crippen LogP contribution < -0.4 is 5.32 Å². The summed E-state index contributed by atoms with van der Waals surface area (Å²) >= 11 is 0. The summed E-state index contributed by atoms with van der Waals surface area (Å²) in [7, 11) is 0. The van der Waals surface area contributed by atoms with Crippen molar-refractivity contribution in [1.82, 2.24) is 15.1 Å². The summed E-state index contributed by atoms with van der Waals surface area (Å²) in [6, 6.07) is 10.2. The number of aryl methyl sites for hydroxylation is 1. The Morgan fingerprint density at radius 1 is 1.21 bits per heavy atom. The van der Waals surface area contributed by atoms with E-state index in [9.17, 15) is 14.7 Å². The average molecular weight is 422 g/mol. The molecule has 0 bridgehead atoms. The molecule has 0 saturated carbocycles. The van der Waals surface area contributed by atoms with Gasteiger partial charge < -0.3 is 20.2 Å². The molecule has 3 aliphatic rings. The second kappa shape index (κ2) is 9.45. The summed E-state index contributed by atoms with van der Waals surface area (Å²) in [5.41, 5.74) is 1.37. The molecule has 1 aromatic rings. The van der Waals surface area contributed by atoms with Gasteiger partial charge in [-0.1, -0.05) is 30.3 Å². The fourth-order valence-electron chi connectivity index (χ4n) is 4.97. The Morgan fingerprint density at radius 3 is 2.59 bits per heavy atom. The monoisotopic (exact) mass is 421 g/mol. The Hall–Kier alpha value is -1.63. The van der Waals surface area contributed by atoms with E-state index >= 15 is 0 Å². The Morgan fingerprint density at radius 2 is 1.93 bits per heavy atom. The fraction of sp³-hybridized carbons (Fsp3) is 0.636. The molecular formula is C22H32ClN3O3. The van der Waals surface area contributed by atoms with E-state index in [4.69, 9.17) is 0 Å². The number of piperidine rings is 1. The summed E-state index contributed by atoms with van der Waals surface area (Å²) in [6.07, 6.45) is 4.51. The maximum atomic E-state index is 12.6. The van der Waals surface area contributed by atoms with Gasteiger partial charge in [-0.15, -0.1) is 12.4 Å². The third kappa shape index (κ3) is 5.11. The largest absolute Gasteiger partial charge is 0.392 e. The zero-order valence-corrected chi connectivity index (χ0v) is 17.7. The minimum Gasteiger partial charge on any atom is -0.392 e. The zero-order valence-electron chi connectivity index (χ0n) is 16.9. The van der Waals surface area contributed by atoms with Gasteiger partial charge in [0.25, 0.3) is 0 Å². The van der Waals surface area contributed by atoms with Crippen LogP contribution in [0.2, 0.25) is 0 Å². The molecule has 3 aliphatic heterocycles. The van der Waals surface area contributed by atoms with Gasteiger partial charge in [-0.05, 0) is 37.7 Å². The summed E-state index contributed by atoms with van der Waals surface area (Å²) in [4.78, 5) is 29.1. The molecule has 0 radical (unpaired) electrons. The van der Waals surface area contributed by atoms with E-state index in [0.29, 0.717) is 19.4 Å². The molecule has 0 aromatic heterocycles. The van der Waals surface area contributed by atoms with Gasteiger partial charge >= 0.3 is 0 Å². The number of rotatable bonds is 5. The number of amides is 2. The van der Waals surface area contributed by atoms with Crippen LogP contribution in [0.5, 0.6) is 0 Å². The Bertz CT molecular complexity index is 707. The van der Waals surface area contributed by atoms with Crippen LogP contribution in [0.3, 0.4) is 0 Å². The van der Waals surface area contributed by atoms with Crippen LogP contribution in [0.4, 0.5) is 0 Å². The van der Waals surface area contributed by atoms with E-state index in [1.807, 2.05) is 15.9 Å². The van der Waals surface area contributed by atoms with Gasteiger partial charge in [0, 0.05) is 44.6 Å². The molecule has 2 atom stereocenters. The summed E-state index contributed by atoms with van der Waals surface area (Å²) in [5.74, 6) is 0.379. The lowest BCUT2D eigenvalue weighted by Gasteiger charge is -2.39. The van der Waals surface area contributed by atoms with E-state index < -0.39 is 6.10 Å². The molecule has 1 aromatic carbocycles. The topological polar surface area (TPSA) is 72.9 Å². The highest BCUT2D eigenvalue weighted by molar-refractivity contribution is 5.85. The molecule has 7 heteroatoms. The summed E-state index contributed by atoms with van der Waals surface area (Å²) < 4.78 is 0. The second-order valence-corrected chi connectivity index (χ2v) is 8.76.